The largest absolute Gasteiger partial charge is 0.490 e. The summed E-state index contributed by atoms with van der Waals surface area (Å²) in [7, 11) is -1.74. The van der Waals surface area contributed by atoms with Crippen LogP contribution >= 0.6 is 11.6 Å². The van der Waals surface area contributed by atoms with E-state index >= 15 is 0 Å². The monoisotopic (exact) mass is 339 g/mol. The molecule has 23 heavy (non-hydrogen) atoms. The van der Waals surface area contributed by atoms with Gasteiger partial charge in [0.15, 0.2) is 0 Å². The fourth-order valence-electron chi connectivity index (χ4n) is 2.80. The Morgan fingerprint density at radius 1 is 1.39 bits per heavy atom. The number of nitrogens with zero attached hydrogens (tertiary/aromatic N) is 1. The average molecular weight is 340 g/mol. The summed E-state index contributed by atoms with van der Waals surface area (Å²) in [6, 6.07) is 1.34. The molecule has 0 saturated heterocycles. The molecule has 4 N–H and O–H groups in total. The van der Waals surface area contributed by atoms with Crippen molar-refractivity contribution in [2.45, 2.75) is 38.6 Å². The third kappa shape index (κ3) is 4.92. The molecule has 0 aliphatic heterocycles. The Hall–Kier alpha value is -1.64. The van der Waals surface area contributed by atoms with Gasteiger partial charge in [-0.1, -0.05) is 18.0 Å². The molecule has 1 unspecified atom stereocenters. The molecule has 1 aliphatic carbocycles. The van der Waals surface area contributed by atoms with E-state index < -0.39 is 7.12 Å². The third-order valence-corrected chi connectivity index (χ3v) is 4.18. The molecule has 1 saturated carbocycles. The van der Waals surface area contributed by atoms with Gasteiger partial charge in [-0.15, -0.1) is 0 Å². The molecule has 1 aromatic heterocycles. The van der Waals surface area contributed by atoms with Crippen molar-refractivity contribution in [3.8, 4) is 0 Å². The standard InChI is InChI=1S/C14H19BClN3O4/c1-8(20)18-10-4-2-3-9(5-10)14(21)19-13-6-11(15(22)23)12(16)7-17-13/h6-7,9-10,22-23H,2-5H2,1H3,(H,18,20)(H,17,19,21)/t9?,10-/m1/s1. The van der Waals surface area contributed by atoms with Gasteiger partial charge in [0.2, 0.25) is 11.8 Å². The van der Waals surface area contributed by atoms with Crippen molar-refractivity contribution in [3.63, 3.8) is 0 Å². The van der Waals surface area contributed by atoms with Gasteiger partial charge in [0.1, 0.15) is 5.82 Å². The van der Waals surface area contributed by atoms with Crippen molar-refractivity contribution < 1.29 is 19.6 Å². The Morgan fingerprint density at radius 2 is 2.13 bits per heavy atom. The third-order valence-electron chi connectivity index (χ3n) is 3.87. The molecule has 9 heteroatoms. The van der Waals surface area contributed by atoms with Gasteiger partial charge in [-0.3, -0.25) is 9.59 Å². The summed E-state index contributed by atoms with van der Waals surface area (Å²) in [4.78, 5) is 27.4. The molecule has 1 heterocycles. The van der Waals surface area contributed by atoms with E-state index in [0.717, 1.165) is 19.3 Å². The molecule has 0 radical (unpaired) electrons. The molecular weight excluding hydrogens is 320 g/mol. The second kappa shape index (κ2) is 7.76. The molecule has 124 valence electrons. The predicted molar refractivity (Wildman–Crippen MR) is 87.3 cm³/mol. The number of carbonyl (C=O) groups is 2. The first-order valence-electron chi connectivity index (χ1n) is 7.46. The number of amides is 2. The highest BCUT2D eigenvalue weighted by molar-refractivity contribution is 6.62. The van der Waals surface area contributed by atoms with Crippen molar-refractivity contribution in [2.75, 3.05) is 5.32 Å². The Labute approximate surface area is 139 Å². The number of hydrogen-bond donors (Lipinski definition) is 4. The number of nitrogens with one attached hydrogen (secondary N) is 2. The van der Waals surface area contributed by atoms with Crippen LogP contribution in [0.4, 0.5) is 5.82 Å². The molecule has 2 amide bonds. The van der Waals surface area contributed by atoms with E-state index in [2.05, 4.69) is 15.6 Å². The molecule has 7 nitrogen and oxygen atoms in total. The van der Waals surface area contributed by atoms with Crippen LogP contribution in [0, 0.1) is 5.92 Å². The van der Waals surface area contributed by atoms with Gasteiger partial charge in [0.05, 0.1) is 5.02 Å². The summed E-state index contributed by atoms with van der Waals surface area (Å²) in [5.41, 5.74) is 0.0803. The van der Waals surface area contributed by atoms with Crippen LogP contribution in [0.3, 0.4) is 0 Å². The topological polar surface area (TPSA) is 112 Å². The normalized spacial score (nSPS) is 20.7. The van der Waals surface area contributed by atoms with Gasteiger partial charge in [0, 0.05) is 30.5 Å². The lowest BCUT2D eigenvalue weighted by Crippen LogP contribution is -2.40. The van der Waals surface area contributed by atoms with Crippen LogP contribution in [0.15, 0.2) is 12.3 Å². The summed E-state index contributed by atoms with van der Waals surface area (Å²) in [6.07, 6.45) is 4.30. The zero-order chi connectivity index (χ0) is 17.0. The van der Waals surface area contributed by atoms with Gasteiger partial charge in [-0.2, -0.15) is 0 Å². The zero-order valence-electron chi connectivity index (χ0n) is 12.8. The van der Waals surface area contributed by atoms with Crippen LogP contribution in [0.25, 0.3) is 0 Å². The first-order valence-corrected chi connectivity index (χ1v) is 7.84. The Kier molecular flexibility index (Phi) is 5.98. The zero-order valence-corrected chi connectivity index (χ0v) is 13.5. The maximum Gasteiger partial charge on any atom is 0.490 e. The Bertz CT molecular complexity index is 599. The highest BCUT2D eigenvalue weighted by Gasteiger charge is 2.28. The van der Waals surface area contributed by atoms with Crippen molar-refractivity contribution in [1.29, 1.82) is 0 Å². The Balaban J connectivity index is 2.01. The van der Waals surface area contributed by atoms with Crippen LogP contribution in [-0.4, -0.2) is 40.0 Å². The van der Waals surface area contributed by atoms with Gasteiger partial charge in [-0.25, -0.2) is 4.98 Å². The second-order valence-corrected chi connectivity index (χ2v) is 6.12. The van der Waals surface area contributed by atoms with Gasteiger partial charge < -0.3 is 20.7 Å². The van der Waals surface area contributed by atoms with Gasteiger partial charge in [-0.05, 0) is 25.3 Å². The minimum absolute atomic E-state index is 0.00463. The number of aromatic nitrogens is 1. The van der Waals surface area contributed by atoms with Crippen molar-refractivity contribution in [1.82, 2.24) is 10.3 Å². The van der Waals surface area contributed by atoms with Crippen LogP contribution < -0.4 is 16.1 Å². The van der Waals surface area contributed by atoms with E-state index in [1.807, 2.05) is 0 Å². The lowest BCUT2D eigenvalue weighted by molar-refractivity contribution is -0.123. The number of anilines is 1. The smallest absolute Gasteiger partial charge is 0.423 e. The maximum absolute atomic E-state index is 12.3. The minimum Gasteiger partial charge on any atom is -0.423 e. The van der Waals surface area contributed by atoms with Crippen molar-refractivity contribution in [3.05, 3.63) is 17.3 Å². The number of carbonyl (C=O) groups excluding carboxylic acids is 2. The lowest BCUT2D eigenvalue weighted by atomic mass is 9.81. The highest BCUT2D eigenvalue weighted by atomic mass is 35.5. The lowest BCUT2D eigenvalue weighted by Gasteiger charge is -2.28. The summed E-state index contributed by atoms with van der Waals surface area (Å²) in [5.74, 6) is -0.310. The van der Waals surface area contributed by atoms with Gasteiger partial charge >= 0.3 is 7.12 Å². The molecule has 2 rings (SSSR count). The quantitative estimate of drug-likeness (QED) is 0.579. The molecule has 1 fully saturated rings. The van der Waals surface area contributed by atoms with E-state index in [4.69, 9.17) is 11.6 Å². The van der Waals surface area contributed by atoms with Gasteiger partial charge in [0.25, 0.3) is 0 Å². The van der Waals surface area contributed by atoms with E-state index in [1.165, 1.54) is 19.2 Å². The van der Waals surface area contributed by atoms with Crippen LogP contribution in [0.2, 0.25) is 5.02 Å². The predicted octanol–water partition coefficient (Wildman–Crippen LogP) is 0.0482. The highest BCUT2D eigenvalue weighted by Crippen LogP contribution is 2.25. The minimum atomic E-state index is -1.74. The fraction of sp³-hybridized carbons (Fsp3) is 0.500. The first-order chi connectivity index (χ1) is 10.9. The molecule has 0 spiro atoms. The second-order valence-electron chi connectivity index (χ2n) is 5.71. The molecule has 1 aliphatic rings. The van der Waals surface area contributed by atoms with E-state index in [9.17, 15) is 19.6 Å². The SMILES string of the molecule is CC(=O)N[C@@H]1CCCC(C(=O)Nc2cc(B(O)O)c(Cl)cn2)C1. The molecule has 2 atom stereocenters. The van der Waals surface area contributed by atoms with E-state index in [-0.39, 0.29) is 40.1 Å². The molecule has 0 aromatic carbocycles. The van der Waals surface area contributed by atoms with E-state index in [0.29, 0.717) is 6.42 Å². The Morgan fingerprint density at radius 3 is 2.78 bits per heavy atom. The van der Waals surface area contributed by atoms with Crippen LogP contribution in [-0.2, 0) is 9.59 Å². The van der Waals surface area contributed by atoms with Crippen LogP contribution in [0.1, 0.15) is 32.6 Å². The molecular formula is C14H19BClN3O4. The fourth-order valence-corrected chi connectivity index (χ4v) is 3.00. The number of halogens is 1. The molecule has 1 aromatic rings. The van der Waals surface area contributed by atoms with Crippen molar-refractivity contribution in [2.24, 2.45) is 5.92 Å². The number of pyridine rings is 1. The number of rotatable bonds is 4. The summed E-state index contributed by atoms with van der Waals surface area (Å²) >= 11 is 5.81. The summed E-state index contributed by atoms with van der Waals surface area (Å²) in [5, 5.41) is 24.1. The number of hydrogen-bond acceptors (Lipinski definition) is 5. The average Bonchev–Trinajstić information content (AvgIpc) is 2.48. The summed E-state index contributed by atoms with van der Waals surface area (Å²) < 4.78 is 0. The first kappa shape index (κ1) is 17.7. The maximum atomic E-state index is 12.3. The van der Waals surface area contributed by atoms with E-state index in [1.54, 1.807) is 0 Å². The van der Waals surface area contributed by atoms with Crippen LogP contribution in [0.5, 0.6) is 0 Å². The van der Waals surface area contributed by atoms with Crippen molar-refractivity contribution >= 4 is 41.8 Å². The molecule has 0 bridgehead atoms. The summed E-state index contributed by atoms with van der Waals surface area (Å²) in [6.45, 7) is 1.46.